The van der Waals surface area contributed by atoms with Gasteiger partial charge in [-0.05, 0) is 37.5 Å². The van der Waals surface area contributed by atoms with Crippen LogP contribution in [0, 0.1) is 5.92 Å². The molecule has 1 N–H and O–H groups in total. The molecular weight excluding hydrogens is 303 g/mol. The zero-order chi connectivity index (χ0) is 15.2. The van der Waals surface area contributed by atoms with Crippen LogP contribution in [0.5, 0.6) is 0 Å². The third-order valence-corrected chi connectivity index (χ3v) is 5.06. The zero-order valence-electron chi connectivity index (χ0n) is 10.9. The Labute approximate surface area is 122 Å². The number of nitrogens with zero attached hydrogens (tertiary/aromatic N) is 1. The molecule has 0 aliphatic heterocycles. The summed E-state index contributed by atoms with van der Waals surface area (Å²) in [4.78, 5) is 15.3. The molecule has 0 amide bonds. The van der Waals surface area contributed by atoms with Gasteiger partial charge in [0.25, 0.3) is 0 Å². The monoisotopic (exact) mass is 315 g/mol. The first-order chi connectivity index (χ1) is 9.84. The number of carboxylic acids is 1. The van der Waals surface area contributed by atoms with E-state index in [1.165, 1.54) is 17.4 Å². The van der Waals surface area contributed by atoms with Crippen molar-refractivity contribution in [3.8, 4) is 0 Å². The lowest BCUT2D eigenvalue weighted by Crippen LogP contribution is -2.09. The van der Waals surface area contributed by atoms with Crippen LogP contribution in [0.2, 0.25) is 0 Å². The summed E-state index contributed by atoms with van der Waals surface area (Å²) in [7, 11) is 0. The fourth-order valence-corrected chi connectivity index (χ4v) is 3.82. The molecule has 1 aliphatic carbocycles. The summed E-state index contributed by atoms with van der Waals surface area (Å²) in [6.07, 6.45) is -2.53. The van der Waals surface area contributed by atoms with E-state index in [-0.39, 0.29) is 11.8 Å². The molecule has 0 bridgehead atoms. The second-order valence-corrected chi connectivity index (χ2v) is 6.34. The quantitative estimate of drug-likeness (QED) is 0.899. The van der Waals surface area contributed by atoms with E-state index in [0.29, 0.717) is 23.1 Å². The number of alkyl halides is 3. The number of fused-ring (bicyclic) bond motifs is 1. The topological polar surface area (TPSA) is 50.2 Å². The second kappa shape index (κ2) is 4.98. The molecule has 3 nitrogen and oxygen atoms in total. The molecule has 21 heavy (non-hydrogen) atoms. The maximum absolute atomic E-state index is 12.7. The van der Waals surface area contributed by atoms with Crippen LogP contribution in [-0.4, -0.2) is 16.1 Å². The van der Waals surface area contributed by atoms with E-state index in [0.717, 1.165) is 23.6 Å². The van der Waals surface area contributed by atoms with Gasteiger partial charge < -0.3 is 5.11 Å². The van der Waals surface area contributed by atoms with Crippen LogP contribution in [0.4, 0.5) is 13.2 Å². The molecule has 2 aromatic rings. The number of hydrogen-bond acceptors (Lipinski definition) is 3. The van der Waals surface area contributed by atoms with E-state index < -0.39 is 17.7 Å². The molecule has 112 valence electrons. The Morgan fingerprint density at radius 1 is 1.33 bits per heavy atom. The molecule has 1 aromatic heterocycles. The van der Waals surface area contributed by atoms with Crippen LogP contribution >= 0.6 is 11.3 Å². The molecule has 3 rings (SSSR count). The number of halogens is 3. The third-order valence-electron chi connectivity index (χ3n) is 3.86. The van der Waals surface area contributed by atoms with Crippen molar-refractivity contribution in [2.75, 3.05) is 0 Å². The maximum Gasteiger partial charge on any atom is 0.416 e. The van der Waals surface area contributed by atoms with Gasteiger partial charge in [-0.3, -0.25) is 4.79 Å². The van der Waals surface area contributed by atoms with Gasteiger partial charge in [-0.25, -0.2) is 4.98 Å². The van der Waals surface area contributed by atoms with Crippen molar-refractivity contribution >= 4 is 27.5 Å². The van der Waals surface area contributed by atoms with Crippen molar-refractivity contribution in [3.63, 3.8) is 0 Å². The van der Waals surface area contributed by atoms with Crippen molar-refractivity contribution in [3.05, 3.63) is 28.8 Å². The molecule has 1 saturated carbocycles. The Hall–Kier alpha value is -1.63. The third kappa shape index (κ3) is 2.74. The minimum Gasteiger partial charge on any atom is -0.481 e. The lowest BCUT2D eigenvalue weighted by molar-refractivity contribution is -0.141. The van der Waals surface area contributed by atoms with E-state index >= 15 is 0 Å². The van der Waals surface area contributed by atoms with Crippen molar-refractivity contribution in [1.29, 1.82) is 0 Å². The molecule has 2 unspecified atom stereocenters. The van der Waals surface area contributed by atoms with E-state index in [9.17, 15) is 18.0 Å². The normalized spacial score (nSPS) is 22.8. The number of carboxylic acid groups (broad SMARTS) is 1. The highest BCUT2D eigenvalue weighted by Crippen LogP contribution is 2.42. The SMILES string of the molecule is O=C(O)C1CCC(c2nc3cc(C(F)(F)F)ccc3s2)C1. The molecule has 7 heteroatoms. The largest absolute Gasteiger partial charge is 0.481 e. The van der Waals surface area contributed by atoms with Crippen molar-refractivity contribution < 1.29 is 23.1 Å². The summed E-state index contributed by atoms with van der Waals surface area (Å²) in [5, 5.41) is 9.75. The molecule has 1 aromatic carbocycles. The Balaban J connectivity index is 1.90. The molecule has 0 spiro atoms. The molecule has 0 radical (unpaired) electrons. The lowest BCUT2D eigenvalue weighted by atomic mass is 10.1. The smallest absolute Gasteiger partial charge is 0.416 e. The molecule has 1 aliphatic rings. The summed E-state index contributed by atoms with van der Waals surface area (Å²) in [6, 6.07) is 3.54. The predicted molar refractivity (Wildman–Crippen MR) is 72.3 cm³/mol. The van der Waals surface area contributed by atoms with Gasteiger partial charge in [0.1, 0.15) is 0 Å². The van der Waals surface area contributed by atoms with Crippen LogP contribution in [0.25, 0.3) is 10.2 Å². The van der Waals surface area contributed by atoms with Crippen LogP contribution in [0.3, 0.4) is 0 Å². The van der Waals surface area contributed by atoms with Gasteiger partial charge >= 0.3 is 12.1 Å². The number of aliphatic carboxylic acids is 1. The van der Waals surface area contributed by atoms with Gasteiger partial charge in [-0.1, -0.05) is 0 Å². The summed E-state index contributed by atoms with van der Waals surface area (Å²) in [6.45, 7) is 0. The van der Waals surface area contributed by atoms with Crippen molar-refractivity contribution in [1.82, 2.24) is 4.98 Å². The van der Waals surface area contributed by atoms with Gasteiger partial charge in [-0.15, -0.1) is 11.3 Å². The average molecular weight is 315 g/mol. The van der Waals surface area contributed by atoms with Crippen molar-refractivity contribution in [2.24, 2.45) is 5.92 Å². The minimum atomic E-state index is -4.38. The Kier molecular flexibility index (Phi) is 3.39. The van der Waals surface area contributed by atoms with Gasteiger partial charge in [-0.2, -0.15) is 13.2 Å². The van der Waals surface area contributed by atoms with E-state index in [2.05, 4.69) is 4.98 Å². The molecule has 1 heterocycles. The molecule has 1 fully saturated rings. The molecule has 0 saturated heterocycles. The maximum atomic E-state index is 12.7. The van der Waals surface area contributed by atoms with E-state index in [1.54, 1.807) is 0 Å². The zero-order valence-corrected chi connectivity index (χ0v) is 11.7. The molecule has 2 atom stereocenters. The first-order valence-electron chi connectivity index (χ1n) is 6.55. The minimum absolute atomic E-state index is 0.0397. The van der Waals surface area contributed by atoms with Gasteiger partial charge in [0.05, 0.1) is 26.7 Å². The number of aromatic nitrogens is 1. The Bertz CT molecular complexity index is 695. The highest BCUT2D eigenvalue weighted by Gasteiger charge is 2.33. The fourth-order valence-electron chi connectivity index (χ4n) is 2.73. The first kappa shape index (κ1) is 14.3. The highest BCUT2D eigenvalue weighted by molar-refractivity contribution is 7.18. The Morgan fingerprint density at radius 2 is 2.10 bits per heavy atom. The number of rotatable bonds is 2. The number of carbonyl (C=O) groups is 1. The van der Waals surface area contributed by atoms with Crippen LogP contribution < -0.4 is 0 Å². The summed E-state index contributed by atoms with van der Waals surface area (Å²) >= 11 is 1.36. The van der Waals surface area contributed by atoms with Gasteiger partial charge in [0.15, 0.2) is 0 Å². The Morgan fingerprint density at radius 3 is 2.71 bits per heavy atom. The second-order valence-electron chi connectivity index (χ2n) is 5.28. The summed E-state index contributed by atoms with van der Waals surface area (Å²) in [5.41, 5.74) is -0.370. The summed E-state index contributed by atoms with van der Waals surface area (Å²) < 4.78 is 38.7. The number of benzene rings is 1. The first-order valence-corrected chi connectivity index (χ1v) is 7.37. The number of hydrogen-bond donors (Lipinski definition) is 1. The average Bonchev–Trinajstić information content (AvgIpc) is 3.03. The fraction of sp³-hybridized carbons (Fsp3) is 0.429. The van der Waals surface area contributed by atoms with Crippen LogP contribution in [0.1, 0.15) is 35.8 Å². The van der Waals surface area contributed by atoms with Crippen LogP contribution in [-0.2, 0) is 11.0 Å². The van der Waals surface area contributed by atoms with Crippen LogP contribution in [0.15, 0.2) is 18.2 Å². The van der Waals surface area contributed by atoms with E-state index in [4.69, 9.17) is 5.11 Å². The highest BCUT2D eigenvalue weighted by atomic mass is 32.1. The lowest BCUT2D eigenvalue weighted by Gasteiger charge is -2.05. The summed E-state index contributed by atoms with van der Waals surface area (Å²) in [5.74, 6) is -1.14. The number of thiazole rings is 1. The van der Waals surface area contributed by atoms with E-state index in [1.807, 2.05) is 0 Å². The molecular formula is C14H12F3NO2S. The standard InChI is InChI=1S/C14H12F3NO2S/c15-14(16,17)9-3-4-11-10(6-9)18-12(21-11)7-1-2-8(5-7)13(19)20/h3-4,6-8H,1-2,5H2,(H,19,20). The van der Waals surface area contributed by atoms with Gasteiger partial charge in [0, 0.05) is 5.92 Å². The predicted octanol–water partition coefficient (Wildman–Crippen LogP) is 4.28. The van der Waals surface area contributed by atoms with Crippen molar-refractivity contribution in [2.45, 2.75) is 31.4 Å². The van der Waals surface area contributed by atoms with Gasteiger partial charge in [0.2, 0.25) is 0 Å².